The number of hydrogen-bond acceptors (Lipinski definition) is 3. The van der Waals surface area contributed by atoms with Crippen LogP contribution >= 0.6 is 0 Å². The SMILES string of the molecule is C=CCN=C(C)/C(CCC)=N/O. The van der Waals surface area contributed by atoms with Crippen LogP contribution in [0.15, 0.2) is 22.8 Å². The second kappa shape index (κ2) is 6.58. The van der Waals surface area contributed by atoms with E-state index in [-0.39, 0.29) is 0 Å². The molecule has 0 rings (SSSR count). The molecule has 0 fully saturated rings. The van der Waals surface area contributed by atoms with Crippen molar-refractivity contribution < 1.29 is 5.21 Å². The molecule has 68 valence electrons. The molecule has 0 unspecified atom stereocenters. The summed E-state index contributed by atoms with van der Waals surface area (Å²) >= 11 is 0. The van der Waals surface area contributed by atoms with E-state index < -0.39 is 0 Å². The van der Waals surface area contributed by atoms with E-state index in [1.54, 1.807) is 6.08 Å². The number of nitrogens with zero attached hydrogens (tertiary/aromatic N) is 2. The fourth-order valence-corrected chi connectivity index (χ4v) is 0.833. The maximum Gasteiger partial charge on any atom is 0.100 e. The van der Waals surface area contributed by atoms with Crippen molar-refractivity contribution >= 4 is 11.4 Å². The van der Waals surface area contributed by atoms with Crippen LogP contribution in [0.5, 0.6) is 0 Å². The van der Waals surface area contributed by atoms with E-state index in [9.17, 15) is 0 Å². The topological polar surface area (TPSA) is 45.0 Å². The fraction of sp³-hybridized carbons (Fsp3) is 0.556. The van der Waals surface area contributed by atoms with Crippen LogP contribution in [-0.4, -0.2) is 23.2 Å². The van der Waals surface area contributed by atoms with Crippen LogP contribution in [-0.2, 0) is 0 Å². The lowest BCUT2D eigenvalue weighted by Crippen LogP contribution is -2.10. The van der Waals surface area contributed by atoms with Crippen molar-refractivity contribution in [3.8, 4) is 0 Å². The molecule has 12 heavy (non-hydrogen) atoms. The zero-order valence-electron chi connectivity index (χ0n) is 7.75. The smallest absolute Gasteiger partial charge is 0.100 e. The molecule has 0 bridgehead atoms. The summed E-state index contributed by atoms with van der Waals surface area (Å²) in [5.41, 5.74) is 1.46. The van der Waals surface area contributed by atoms with Crippen LogP contribution in [0, 0.1) is 0 Å². The van der Waals surface area contributed by atoms with Crippen molar-refractivity contribution in [2.45, 2.75) is 26.7 Å². The largest absolute Gasteiger partial charge is 0.411 e. The van der Waals surface area contributed by atoms with E-state index in [4.69, 9.17) is 5.21 Å². The highest BCUT2D eigenvalue weighted by Gasteiger charge is 2.01. The molecular formula is C9H16N2O. The Morgan fingerprint density at radius 3 is 2.67 bits per heavy atom. The molecule has 0 aromatic rings. The van der Waals surface area contributed by atoms with Gasteiger partial charge in [0.1, 0.15) is 5.71 Å². The molecule has 0 amide bonds. The van der Waals surface area contributed by atoms with Gasteiger partial charge >= 0.3 is 0 Å². The van der Waals surface area contributed by atoms with Crippen molar-refractivity contribution in [2.75, 3.05) is 6.54 Å². The minimum absolute atomic E-state index is 0.578. The zero-order valence-corrected chi connectivity index (χ0v) is 7.75. The lowest BCUT2D eigenvalue weighted by molar-refractivity contribution is 0.318. The van der Waals surface area contributed by atoms with Crippen molar-refractivity contribution in [2.24, 2.45) is 10.1 Å². The Kier molecular flexibility index (Phi) is 5.97. The summed E-state index contributed by atoms with van der Waals surface area (Å²) in [6.07, 6.45) is 3.44. The first-order valence-electron chi connectivity index (χ1n) is 4.09. The van der Waals surface area contributed by atoms with Crippen LogP contribution in [0.25, 0.3) is 0 Å². The molecule has 0 saturated heterocycles. The molecule has 0 atom stereocenters. The second-order valence-electron chi connectivity index (χ2n) is 2.51. The molecular weight excluding hydrogens is 152 g/mol. The van der Waals surface area contributed by atoms with E-state index >= 15 is 0 Å². The van der Waals surface area contributed by atoms with Gasteiger partial charge in [0.2, 0.25) is 0 Å². The third-order valence-corrected chi connectivity index (χ3v) is 1.48. The molecule has 0 aliphatic rings. The highest BCUT2D eigenvalue weighted by Crippen LogP contribution is 1.95. The molecule has 0 aliphatic heterocycles. The van der Waals surface area contributed by atoms with Crippen molar-refractivity contribution in [1.82, 2.24) is 0 Å². The molecule has 0 saturated carbocycles. The first kappa shape index (κ1) is 10.9. The van der Waals surface area contributed by atoms with Crippen molar-refractivity contribution in [1.29, 1.82) is 0 Å². The third-order valence-electron chi connectivity index (χ3n) is 1.48. The van der Waals surface area contributed by atoms with E-state index in [0.29, 0.717) is 12.3 Å². The monoisotopic (exact) mass is 168 g/mol. The van der Waals surface area contributed by atoms with E-state index in [1.807, 2.05) is 13.8 Å². The molecule has 0 spiro atoms. The highest BCUT2D eigenvalue weighted by atomic mass is 16.4. The van der Waals surface area contributed by atoms with Gasteiger partial charge in [-0.25, -0.2) is 0 Å². The Morgan fingerprint density at radius 1 is 1.58 bits per heavy atom. The molecule has 3 nitrogen and oxygen atoms in total. The summed E-state index contributed by atoms with van der Waals surface area (Å²) in [6, 6.07) is 0. The van der Waals surface area contributed by atoms with Gasteiger partial charge in [-0.05, 0) is 13.3 Å². The summed E-state index contributed by atoms with van der Waals surface area (Å²) in [6.45, 7) is 8.01. The molecule has 0 aromatic carbocycles. The molecule has 3 heteroatoms. The Labute approximate surface area is 73.5 Å². The fourth-order valence-electron chi connectivity index (χ4n) is 0.833. The second-order valence-corrected chi connectivity index (χ2v) is 2.51. The normalized spacial score (nSPS) is 13.2. The number of aliphatic imine (C=N–C) groups is 1. The van der Waals surface area contributed by atoms with Gasteiger partial charge in [0.15, 0.2) is 0 Å². The van der Waals surface area contributed by atoms with Crippen LogP contribution in [0.1, 0.15) is 26.7 Å². The number of hydrogen-bond donors (Lipinski definition) is 1. The zero-order chi connectivity index (χ0) is 9.40. The van der Waals surface area contributed by atoms with E-state index in [1.165, 1.54) is 0 Å². The van der Waals surface area contributed by atoms with Crippen molar-refractivity contribution in [3.63, 3.8) is 0 Å². The maximum atomic E-state index is 8.61. The van der Waals surface area contributed by atoms with E-state index in [2.05, 4.69) is 16.7 Å². The lowest BCUT2D eigenvalue weighted by atomic mass is 10.1. The van der Waals surface area contributed by atoms with E-state index in [0.717, 1.165) is 18.6 Å². The Bertz CT molecular complexity index is 195. The summed E-state index contributed by atoms with van der Waals surface area (Å²) in [5, 5.41) is 11.8. The summed E-state index contributed by atoms with van der Waals surface area (Å²) in [4.78, 5) is 4.14. The third kappa shape index (κ3) is 3.91. The average Bonchev–Trinajstić information content (AvgIpc) is 2.10. The highest BCUT2D eigenvalue weighted by molar-refractivity contribution is 6.41. The number of rotatable bonds is 5. The van der Waals surface area contributed by atoms with Crippen LogP contribution in [0.3, 0.4) is 0 Å². The van der Waals surface area contributed by atoms with Gasteiger partial charge in [-0.2, -0.15) is 0 Å². The molecule has 0 aromatic heterocycles. The minimum Gasteiger partial charge on any atom is -0.411 e. The van der Waals surface area contributed by atoms with Crippen molar-refractivity contribution in [3.05, 3.63) is 12.7 Å². The van der Waals surface area contributed by atoms with Crippen LogP contribution in [0.2, 0.25) is 0 Å². The predicted molar refractivity (Wildman–Crippen MR) is 52.3 cm³/mol. The summed E-state index contributed by atoms with van der Waals surface area (Å²) in [5.74, 6) is 0. The molecule has 0 heterocycles. The quantitative estimate of drug-likeness (QED) is 0.291. The van der Waals surface area contributed by atoms with Gasteiger partial charge in [0, 0.05) is 0 Å². The number of oxime groups is 1. The summed E-state index contributed by atoms with van der Waals surface area (Å²) < 4.78 is 0. The first-order valence-corrected chi connectivity index (χ1v) is 4.09. The Hall–Kier alpha value is -1.12. The Morgan fingerprint density at radius 2 is 2.25 bits per heavy atom. The van der Waals surface area contributed by atoms with Gasteiger partial charge in [-0.1, -0.05) is 24.6 Å². The average molecular weight is 168 g/mol. The maximum absolute atomic E-state index is 8.61. The minimum atomic E-state index is 0.578. The molecule has 0 aliphatic carbocycles. The van der Waals surface area contributed by atoms with Gasteiger partial charge in [-0.3, -0.25) is 4.99 Å². The van der Waals surface area contributed by atoms with Gasteiger partial charge in [-0.15, -0.1) is 6.58 Å². The summed E-state index contributed by atoms with van der Waals surface area (Å²) in [7, 11) is 0. The molecule has 0 radical (unpaired) electrons. The molecule has 1 N–H and O–H groups in total. The van der Waals surface area contributed by atoms with Gasteiger partial charge in [0.25, 0.3) is 0 Å². The standard InChI is InChI=1S/C9H16N2O/c1-4-6-9(11-12)8(3)10-7-5-2/h5,12H,2,4,6-7H2,1,3H3/b10-8?,11-9+. The predicted octanol–water partition coefficient (Wildman–Crippen LogP) is 2.26. The first-order chi connectivity index (χ1) is 5.76. The van der Waals surface area contributed by atoms with Gasteiger partial charge < -0.3 is 5.21 Å². The Balaban J connectivity index is 4.20. The lowest BCUT2D eigenvalue weighted by Gasteiger charge is -2.00. The van der Waals surface area contributed by atoms with Crippen LogP contribution in [0.4, 0.5) is 0 Å². The van der Waals surface area contributed by atoms with Crippen LogP contribution < -0.4 is 0 Å². The van der Waals surface area contributed by atoms with Gasteiger partial charge in [0.05, 0.1) is 12.3 Å².